The van der Waals surface area contributed by atoms with Crippen LogP contribution >= 0.6 is 0 Å². The Labute approximate surface area is 145 Å². The maximum atomic E-state index is 12.1. The molecule has 1 saturated carbocycles. The fourth-order valence-electron chi connectivity index (χ4n) is 3.65. The molecule has 0 atom stereocenters. The minimum atomic E-state index is 0.0580. The summed E-state index contributed by atoms with van der Waals surface area (Å²) in [5, 5.41) is 11.3. The van der Waals surface area contributed by atoms with E-state index in [1.165, 1.54) is 18.4 Å². The quantitative estimate of drug-likeness (QED) is 0.871. The molecule has 6 nitrogen and oxygen atoms in total. The van der Waals surface area contributed by atoms with Crippen molar-refractivity contribution in [3.05, 3.63) is 18.0 Å². The van der Waals surface area contributed by atoms with Crippen molar-refractivity contribution >= 4 is 6.03 Å². The fourth-order valence-corrected chi connectivity index (χ4v) is 3.65. The molecule has 6 heteroatoms. The summed E-state index contributed by atoms with van der Waals surface area (Å²) in [5.74, 6) is 0. The number of nitrogens with one attached hydrogen (secondary N) is 2. The Balaban J connectivity index is 1.57. The van der Waals surface area contributed by atoms with Gasteiger partial charge in [0.15, 0.2) is 0 Å². The lowest BCUT2D eigenvalue weighted by Crippen LogP contribution is -2.46. The Kier molecular flexibility index (Phi) is 4.85. The van der Waals surface area contributed by atoms with Crippen LogP contribution < -0.4 is 10.6 Å². The van der Waals surface area contributed by atoms with E-state index >= 15 is 0 Å². The molecule has 1 aromatic rings. The molecule has 0 aromatic carbocycles. The van der Waals surface area contributed by atoms with Gasteiger partial charge in [0.25, 0.3) is 0 Å². The Morgan fingerprint density at radius 3 is 2.42 bits per heavy atom. The molecule has 1 saturated heterocycles. The smallest absolute Gasteiger partial charge is 0.317 e. The van der Waals surface area contributed by atoms with Crippen molar-refractivity contribution in [3.8, 4) is 0 Å². The number of carbonyl (C=O) groups excluding carboxylic acids is 1. The van der Waals surface area contributed by atoms with Crippen molar-refractivity contribution < 1.29 is 4.79 Å². The Hall–Kier alpha value is -1.56. The van der Waals surface area contributed by atoms with Crippen LogP contribution in [0.1, 0.15) is 65.0 Å². The summed E-state index contributed by atoms with van der Waals surface area (Å²) in [6.45, 7) is 9.98. The molecule has 2 heterocycles. The van der Waals surface area contributed by atoms with Gasteiger partial charge < -0.3 is 15.5 Å². The molecule has 1 aliphatic carbocycles. The summed E-state index contributed by atoms with van der Waals surface area (Å²) < 4.78 is 2.12. The third-order valence-corrected chi connectivity index (χ3v) is 5.01. The van der Waals surface area contributed by atoms with Gasteiger partial charge in [-0.25, -0.2) is 4.79 Å². The van der Waals surface area contributed by atoms with E-state index in [4.69, 9.17) is 0 Å². The van der Waals surface area contributed by atoms with Crippen molar-refractivity contribution in [2.75, 3.05) is 13.1 Å². The number of hydrogen-bond donors (Lipinski definition) is 2. The van der Waals surface area contributed by atoms with Gasteiger partial charge in [-0.2, -0.15) is 5.10 Å². The third-order valence-electron chi connectivity index (χ3n) is 5.01. The number of piperidine rings is 1. The second-order valence-electron chi connectivity index (χ2n) is 7.91. The average molecular weight is 333 g/mol. The van der Waals surface area contributed by atoms with Crippen LogP contribution in [0.2, 0.25) is 0 Å². The van der Waals surface area contributed by atoms with Crippen LogP contribution in [0.25, 0.3) is 0 Å². The highest BCUT2D eigenvalue weighted by Crippen LogP contribution is 2.46. The molecule has 2 fully saturated rings. The van der Waals surface area contributed by atoms with Crippen molar-refractivity contribution in [1.82, 2.24) is 25.3 Å². The predicted octanol–water partition coefficient (Wildman–Crippen LogP) is 2.63. The number of hydrogen-bond acceptors (Lipinski definition) is 3. The number of carbonyl (C=O) groups is 1. The zero-order valence-corrected chi connectivity index (χ0v) is 15.4. The van der Waals surface area contributed by atoms with E-state index in [0.717, 1.165) is 25.9 Å². The number of urea groups is 1. The highest BCUT2D eigenvalue weighted by atomic mass is 16.2. The molecule has 134 valence electrons. The van der Waals surface area contributed by atoms with E-state index in [-0.39, 0.29) is 17.6 Å². The number of rotatable bonds is 5. The van der Waals surface area contributed by atoms with Crippen molar-refractivity contribution in [2.24, 2.45) is 0 Å². The standard InChI is InChI=1S/C18H31N5O/c1-13(2)20-17(24)22-9-5-16(6-10-22)23-12-15(11-19-23)18(7-8-18)21-14(3)4/h11-14,16,21H,5-10H2,1-4H3,(H,20,24). The lowest BCUT2D eigenvalue weighted by atomic mass is 10.1. The predicted molar refractivity (Wildman–Crippen MR) is 94.9 cm³/mol. The first-order valence-corrected chi connectivity index (χ1v) is 9.27. The first kappa shape index (κ1) is 17.3. The fraction of sp³-hybridized carbons (Fsp3) is 0.778. The third kappa shape index (κ3) is 3.74. The summed E-state index contributed by atoms with van der Waals surface area (Å²) in [4.78, 5) is 14.0. The largest absolute Gasteiger partial charge is 0.336 e. The van der Waals surface area contributed by atoms with E-state index < -0.39 is 0 Å². The van der Waals surface area contributed by atoms with Gasteiger partial charge >= 0.3 is 6.03 Å². The van der Waals surface area contributed by atoms with Crippen LogP contribution in [0.3, 0.4) is 0 Å². The van der Waals surface area contributed by atoms with Crippen LogP contribution in [0.5, 0.6) is 0 Å². The Morgan fingerprint density at radius 1 is 1.21 bits per heavy atom. The summed E-state index contributed by atoms with van der Waals surface area (Å²) in [5.41, 5.74) is 1.47. The molecule has 1 aromatic heterocycles. The van der Waals surface area contributed by atoms with E-state index in [1.54, 1.807) is 0 Å². The van der Waals surface area contributed by atoms with E-state index in [1.807, 2.05) is 24.9 Å². The van der Waals surface area contributed by atoms with E-state index in [2.05, 4.69) is 40.5 Å². The molecule has 2 amide bonds. The second-order valence-corrected chi connectivity index (χ2v) is 7.91. The van der Waals surface area contributed by atoms with Crippen LogP contribution in [0.4, 0.5) is 4.79 Å². The van der Waals surface area contributed by atoms with Crippen LogP contribution in [0.15, 0.2) is 12.4 Å². The summed E-state index contributed by atoms with van der Waals surface area (Å²) in [6.07, 6.45) is 8.58. The van der Waals surface area contributed by atoms with Gasteiger partial charge in [-0.15, -0.1) is 0 Å². The van der Waals surface area contributed by atoms with Crippen molar-refractivity contribution in [1.29, 1.82) is 0 Å². The molecule has 1 aliphatic heterocycles. The molecule has 24 heavy (non-hydrogen) atoms. The Bertz CT molecular complexity index is 568. The average Bonchev–Trinajstić information content (AvgIpc) is 3.11. The lowest BCUT2D eigenvalue weighted by Gasteiger charge is -2.32. The minimum Gasteiger partial charge on any atom is -0.336 e. The molecule has 0 radical (unpaired) electrons. The zero-order chi connectivity index (χ0) is 17.3. The monoisotopic (exact) mass is 333 g/mol. The van der Waals surface area contributed by atoms with Crippen LogP contribution in [-0.4, -0.2) is 45.9 Å². The van der Waals surface area contributed by atoms with Crippen molar-refractivity contribution in [3.63, 3.8) is 0 Å². The van der Waals surface area contributed by atoms with E-state index in [9.17, 15) is 4.79 Å². The SMILES string of the molecule is CC(C)NC(=O)N1CCC(n2cc(C3(NC(C)C)CC3)cn2)CC1. The molecule has 0 spiro atoms. The number of aromatic nitrogens is 2. The minimum absolute atomic E-state index is 0.0580. The molecule has 2 N–H and O–H groups in total. The number of likely N-dealkylation sites (tertiary alicyclic amines) is 1. The van der Waals surface area contributed by atoms with Gasteiger partial charge in [0.1, 0.15) is 0 Å². The normalized spacial score (nSPS) is 20.7. The van der Waals surface area contributed by atoms with Crippen LogP contribution in [0, 0.1) is 0 Å². The second kappa shape index (κ2) is 6.75. The van der Waals surface area contributed by atoms with Crippen LogP contribution in [-0.2, 0) is 5.54 Å². The topological polar surface area (TPSA) is 62.2 Å². The highest BCUT2D eigenvalue weighted by Gasteiger charge is 2.45. The first-order chi connectivity index (χ1) is 11.4. The summed E-state index contributed by atoms with van der Waals surface area (Å²) >= 11 is 0. The van der Waals surface area contributed by atoms with Gasteiger partial charge in [0.05, 0.1) is 12.2 Å². The molecule has 0 bridgehead atoms. The Morgan fingerprint density at radius 2 is 1.88 bits per heavy atom. The molecule has 0 unspecified atom stereocenters. The molecular formula is C18H31N5O. The van der Waals surface area contributed by atoms with Gasteiger partial charge in [-0.3, -0.25) is 4.68 Å². The van der Waals surface area contributed by atoms with Gasteiger partial charge in [-0.1, -0.05) is 13.8 Å². The van der Waals surface area contributed by atoms with Gasteiger partial charge in [-0.05, 0) is 39.5 Å². The molecule has 3 rings (SSSR count). The lowest BCUT2D eigenvalue weighted by molar-refractivity contribution is 0.166. The number of nitrogens with zero attached hydrogens (tertiary/aromatic N) is 3. The van der Waals surface area contributed by atoms with Crippen molar-refractivity contribution in [2.45, 2.75) is 77.0 Å². The summed E-state index contributed by atoms with van der Waals surface area (Å²) in [7, 11) is 0. The summed E-state index contributed by atoms with van der Waals surface area (Å²) in [6, 6.07) is 1.13. The zero-order valence-electron chi connectivity index (χ0n) is 15.4. The van der Waals surface area contributed by atoms with Gasteiger partial charge in [0, 0.05) is 42.5 Å². The first-order valence-electron chi connectivity index (χ1n) is 9.27. The van der Waals surface area contributed by atoms with Gasteiger partial charge in [0.2, 0.25) is 0 Å². The molecule has 2 aliphatic rings. The highest BCUT2D eigenvalue weighted by molar-refractivity contribution is 5.74. The molecular weight excluding hydrogens is 302 g/mol. The number of amides is 2. The maximum absolute atomic E-state index is 12.1. The maximum Gasteiger partial charge on any atom is 0.317 e. The van der Waals surface area contributed by atoms with E-state index in [0.29, 0.717) is 12.1 Å².